The summed E-state index contributed by atoms with van der Waals surface area (Å²) in [6, 6.07) is 5.06. The van der Waals surface area contributed by atoms with Gasteiger partial charge in [-0.25, -0.2) is 4.79 Å². The van der Waals surface area contributed by atoms with Gasteiger partial charge < -0.3 is 9.26 Å². The van der Waals surface area contributed by atoms with E-state index < -0.39 is 17.8 Å². The molecule has 0 bridgehead atoms. The van der Waals surface area contributed by atoms with Crippen molar-refractivity contribution in [2.45, 2.75) is 6.92 Å². The number of amides is 2. The Hall–Kier alpha value is -2.20. The molecule has 2 amide bonds. The molecule has 0 fully saturated rings. The van der Waals surface area contributed by atoms with Crippen LogP contribution in [0.3, 0.4) is 0 Å². The zero-order valence-electron chi connectivity index (χ0n) is 11.2. The van der Waals surface area contributed by atoms with E-state index in [9.17, 15) is 14.4 Å². The van der Waals surface area contributed by atoms with Crippen molar-refractivity contribution in [2.24, 2.45) is 0 Å². The van der Waals surface area contributed by atoms with E-state index >= 15 is 0 Å². The number of hydrazine groups is 1. The molecule has 0 aliphatic rings. The van der Waals surface area contributed by atoms with Crippen LogP contribution in [0, 0.1) is 0 Å². The fraction of sp³-hybridized carbons (Fsp3) is 0.167. The lowest BCUT2D eigenvalue weighted by molar-refractivity contribution is -0.154. The number of carbonyl (C=O) groups is 3. The van der Waals surface area contributed by atoms with E-state index in [1.165, 1.54) is 17.4 Å². The molecule has 2 rings (SSSR count). The van der Waals surface area contributed by atoms with Crippen LogP contribution < -0.4 is 10.9 Å². The van der Waals surface area contributed by atoms with E-state index in [1.807, 2.05) is 16.9 Å². The van der Waals surface area contributed by atoms with Crippen LogP contribution in [-0.4, -0.2) is 29.5 Å². The monoisotopic (exact) mass is 387 g/mol. The molecule has 2 heterocycles. The summed E-state index contributed by atoms with van der Waals surface area (Å²) in [5, 5.41) is 3.60. The fourth-order valence-electron chi connectivity index (χ4n) is 1.37. The number of aromatic nitrogens is 1. The first-order valence-electron chi connectivity index (χ1n) is 6.01. The fourth-order valence-corrected chi connectivity index (χ4v) is 2.70. The highest BCUT2D eigenvalue weighted by molar-refractivity contribution is 9.11. The highest BCUT2D eigenvalue weighted by Crippen LogP contribution is 2.31. The number of ether oxygens (including phenoxy) is 1. The molecule has 0 unspecified atom stereocenters. The maximum Gasteiger partial charge on any atom is 0.398 e. The first kappa shape index (κ1) is 16.2. The van der Waals surface area contributed by atoms with Crippen molar-refractivity contribution < 1.29 is 23.6 Å². The summed E-state index contributed by atoms with van der Waals surface area (Å²) in [6.07, 6.45) is 0. The molecule has 8 nitrogen and oxygen atoms in total. The smallest absolute Gasteiger partial charge is 0.398 e. The first-order valence-corrected chi connectivity index (χ1v) is 7.62. The van der Waals surface area contributed by atoms with Gasteiger partial charge in [-0.05, 0) is 35.0 Å². The molecule has 0 aromatic carbocycles. The molecular formula is C12H10BrN3O5S. The summed E-state index contributed by atoms with van der Waals surface area (Å²) in [6.45, 7) is 1.62. The van der Waals surface area contributed by atoms with Crippen LogP contribution in [0.5, 0.6) is 0 Å². The third-order valence-corrected chi connectivity index (χ3v) is 3.95. The highest BCUT2D eigenvalue weighted by atomic mass is 79.9. The molecule has 0 radical (unpaired) electrons. The van der Waals surface area contributed by atoms with Gasteiger partial charge in [-0.1, -0.05) is 5.16 Å². The minimum atomic E-state index is -1.09. The van der Waals surface area contributed by atoms with Crippen molar-refractivity contribution in [2.75, 3.05) is 6.61 Å². The van der Waals surface area contributed by atoms with Gasteiger partial charge >= 0.3 is 11.9 Å². The average Bonchev–Trinajstić information content (AvgIpc) is 3.13. The topological polar surface area (TPSA) is 111 Å². The summed E-state index contributed by atoms with van der Waals surface area (Å²) >= 11 is 4.73. The Kier molecular flexibility index (Phi) is 5.28. The van der Waals surface area contributed by atoms with Gasteiger partial charge in [-0.15, -0.1) is 11.3 Å². The van der Waals surface area contributed by atoms with Crippen LogP contribution in [0.25, 0.3) is 10.6 Å². The summed E-state index contributed by atoms with van der Waals surface area (Å²) in [5.74, 6) is -2.48. The Morgan fingerprint density at radius 1 is 1.36 bits per heavy atom. The van der Waals surface area contributed by atoms with Crippen LogP contribution >= 0.6 is 27.3 Å². The quantitative estimate of drug-likeness (QED) is 0.468. The standard InChI is InChI=1S/C12H10BrN3O5S/c1-2-20-12(19)11(18)15-14-10(17)6-5-7(21-16-6)8-3-4-9(13)22-8/h3-5H,2H2,1H3,(H,14,17)(H,15,18). The van der Waals surface area contributed by atoms with Gasteiger partial charge in [0.05, 0.1) is 15.3 Å². The zero-order chi connectivity index (χ0) is 16.1. The Morgan fingerprint density at radius 3 is 2.77 bits per heavy atom. The molecule has 0 aliphatic heterocycles. The maximum atomic E-state index is 11.8. The van der Waals surface area contributed by atoms with Crippen molar-refractivity contribution in [1.29, 1.82) is 0 Å². The number of carbonyl (C=O) groups excluding carboxylic acids is 3. The van der Waals surface area contributed by atoms with Crippen LogP contribution in [0.2, 0.25) is 0 Å². The summed E-state index contributed by atoms with van der Waals surface area (Å²) in [5.41, 5.74) is 3.92. The molecule has 2 aromatic rings. The molecular weight excluding hydrogens is 378 g/mol. The van der Waals surface area contributed by atoms with Crippen LogP contribution in [0.1, 0.15) is 17.4 Å². The van der Waals surface area contributed by atoms with E-state index in [4.69, 9.17) is 4.52 Å². The largest absolute Gasteiger partial charge is 0.459 e. The predicted octanol–water partition coefficient (Wildman–Crippen LogP) is 1.49. The van der Waals surface area contributed by atoms with Crippen LogP contribution in [0.15, 0.2) is 26.5 Å². The first-order chi connectivity index (χ1) is 10.5. The van der Waals surface area contributed by atoms with Crippen molar-refractivity contribution in [3.8, 4) is 10.6 Å². The molecule has 2 aromatic heterocycles. The lowest BCUT2D eigenvalue weighted by Crippen LogP contribution is -2.45. The van der Waals surface area contributed by atoms with Crippen molar-refractivity contribution >= 4 is 45.1 Å². The number of esters is 1. The van der Waals surface area contributed by atoms with Gasteiger partial charge in [-0.3, -0.25) is 20.4 Å². The Bertz CT molecular complexity index is 711. The number of halogens is 1. The number of thiophene rings is 1. The van der Waals surface area contributed by atoms with Crippen LogP contribution in [0.4, 0.5) is 0 Å². The maximum absolute atomic E-state index is 11.8. The van der Waals surface area contributed by atoms with E-state index in [2.05, 4.69) is 25.8 Å². The van der Waals surface area contributed by atoms with Gasteiger partial charge in [0.15, 0.2) is 11.5 Å². The number of hydrogen-bond donors (Lipinski definition) is 2. The normalized spacial score (nSPS) is 10.1. The van der Waals surface area contributed by atoms with Gasteiger partial charge in [0.25, 0.3) is 5.91 Å². The minimum Gasteiger partial charge on any atom is -0.459 e. The number of hydrogen-bond acceptors (Lipinski definition) is 7. The van der Waals surface area contributed by atoms with Gasteiger partial charge in [0.1, 0.15) is 0 Å². The molecule has 0 atom stereocenters. The van der Waals surface area contributed by atoms with Crippen molar-refractivity contribution in [1.82, 2.24) is 16.0 Å². The lowest BCUT2D eigenvalue weighted by Gasteiger charge is -2.04. The molecule has 10 heteroatoms. The van der Waals surface area contributed by atoms with Crippen molar-refractivity contribution in [3.63, 3.8) is 0 Å². The zero-order valence-corrected chi connectivity index (χ0v) is 13.6. The molecule has 22 heavy (non-hydrogen) atoms. The van der Waals surface area contributed by atoms with E-state index in [-0.39, 0.29) is 12.3 Å². The second kappa shape index (κ2) is 7.18. The predicted molar refractivity (Wildman–Crippen MR) is 79.8 cm³/mol. The Morgan fingerprint density at radius 2 is 2.14 bits per heavy atom. The highest BCUT2D eigenvalue weighted by Gasteiger charge is 2.18. The second-order valence-electron chi connectivity index (χ2n) is 3.81. The molecule has 0 saturated heterocycles. The SMILES string of the molecule is CCOC(=O)C(=O)NNC(=O)c1cc(-c2ccc(Br)s2)on1. The van der Waals surface area contributed by atoms with Gasteiger partial charge in [-0.2, -0.15) is 0 Å². The summed E-state index contributed by atoms with van der Waals surface area (Å²) in [7, 11) is 0. The Balaban J connectivity index is 1.95. The number of nitrogens with zero attached hydrogens (tertiary/aromatic N) is 1. The molecule has 0 saturated carbocycles. The summed E-state index contributed by atoms with van der Waals surface area (Å²) < 4.78 is 10.4. The minimum absolute atomic E-state index is 0.0383. The summed E-state index contributed by atoms with van der Waals surface area (Å²) in [4.78, 5) is 34.9. The lowest BCUT2D eigenvalue weighted by atomic mass is 10.3. The molecule has 2 N–H and O–H groups in total. The number of nitrogens with one attached hydrogen (secondary N) is 2. The van der Waals surface area contributed by atoms with Crippen LogP contribution in [-0.2, 0) is 14.3 Å². The van der Waals surface area contributed by atoms with E-state index in [0.29, 0.717) is 5.76 Å². The van der Waals surface area contributed by atoms with E-state index in [1.54, 1.807) is 13.0 Å². The third-order valence-electron chi connectivity index (χ3n) is 2.31. The molecule has 116 valence electrons. The average molecular weight is 388 g/mol. The van der Waals surface area contributed by atoms with Crippen molar-refractivity contribution in [3.05, 3.63) is 27.7 Å². The Labute approximate surface area is 136 Å². The molecule has 0 spiro atoms. The number of rotatable bonds is 3. The third kappa shape index (κ3) is 3.92. The molecule has 0 aliphatic carbocycles. The van der Waals surface area contributed by atoms with Gasteiger partial charge in [0.2, 0.25) is 0 Å². The van der Waals surface area contributed by atoms with E-state index in [0.717, 1.165) is 8.66 Å². The van der Waals surface area contributed by atoms with Gasteiger partial charge in [0, 0.05) is 6.07 Å². The second-order valence-corrected chi connectivity index (χ2v) is 6.27.